The monoisotopic (exact) mass is 418 g/mol. The zero-order valence-corrected chi connectivity index (χ0v) is 17.5. The fraction of sp³-hybridized carbons (Fsp3) is 0.381. The molecule has 8 heteroatoms. The number of methoxy groups -OCH3 is 1. The number of fused-ring (bicyclic) bond motifs is 1. The molecule has 0 saturated heterocycles. The number of rotatable bonds is 9. The Hall–Kier alpha value is -2.58. The highest BCUT2D eigenvalue weighted by atomic mass is 32.2. The van der Waals surface area contributed by atoms with Crippen molar-refractivity contribution in [2.24, 2.45) is 0 Å². The highest BCUT2D eigenvalue weighted by Crippen LogP contribution is 2.28. The molecule has 2 aromatic carbocycles. The summed E-state index contributed by atoms with van der Waals surface area (Å²) in [7, 11) is -2.38. The highest BCUT2D eigenvalue weighted by Gasteiger charge is 2.20. The second-order valence-electron chi connectivity index (χ2n) is 6.91. The molecule has 0 atom stereocenters. The zero-order valence-electron chi connectivity index (χ0n) is 16.7. The van der Waals surface area contributed by atoms with Crippen LogP contribution in [0.4, 0.5) is 0 Å². The van der Waals surface area contributed by atoms with E-state index in [4.69, 9.17) is 9.47 Å². The first-order valence-electron chi connectivity index (χ1n) is 9.69. The number of unbranched alkanes of at least 4 members (excludes halogenated alkanes) is 1. The maximum atomic E-state index is 12.5. The summed E-state index contributed by atoms with van der Waals surface area (Å²) in [6.07, 6.45) is 4.79. The minimum atomic E-state index is -3.86. The van der Waals surface area contributed by atoms with Gasteiger partial charge in [-0.2, -0.15) is 0 Å². The lowest BCUT2D eigenvalue weighted by Crippen LogP contribution is -2.41. The van der Waals surface area contributed by atoms with Gasteiger partial charge in [-0.25, -0.2) is 8.42 Å². The van der Waals surface area contributed by atoms with Crippen LogP contribution in [0.1, 0.15) is 47.7 Å². The van der Waals surface area contributed by atoms with Gasteiger partial charge in [0.05, 0.1) is 18.6 Å². The molecule has 3 rings (SSSR count). The Balaban J connectivity index is 1.66. The molecule has 0 fully saturated rings. The van der Waals surface area contributed by atoms with Crippen LogP contribution in [0, 0.1) is 0 Å². The predicted octanol–water partition coefficient (Wildman–Crippen LogP) is 2.99. The number of hydrogen-bond acceptors (Lipinski definition) is 5. The van der Waals surface area contributed by atoms with E-state index in [0.29, 0.717) is 18.1 Å². The molecule has 7 nitrogen and oxygen atoms in total. The molecule has 2 aromatic rings. The topological polar surface area (TPSA) is 93.7 Å². The zero-order chi connectivity index (χ0) is 20.9. The number of aryl methyl sites for hydroxylation is 2. The van der Waals surface area contributed by atoms with Crippen molar-refractivity contribution in [2.75, 3.05) is 13.7 Å². The lowest BCUT2D eigenvalue weighted by atomic mass is 10.1. The van der Waals surface area contributed by atoms with Crippen LogP contribution in [0.2, 0.25) is 0 Å². The second-order valence-corrected chi connectivity index (χ2v) is 8.59. The second kappa shape index (κ2) is 9.28. The molecule has 0 spiro atoms. The number of hydrogen-bond donors (Lipinski definition) is 2. The third kappa shape index (κ3) is 5.07. The molecule has 2 N–H and O–H groups in total. The third-order valence-electron chi connectivity index (χ3n) is 4.86. The van der Waals surface area contributed by atoms with E-state index in [9.17, 15) is 13.2 Å². The van der Waals surface area contributed by atoms with Gasteiger partial charge in [-0.15, -0.1) is 4.83 Å². The molecule has 1 aliphatic carbocycles. The van der Waals surface area contributed by atoms with Crippen molar-refractivity contribution in [3.05, 3.63) is 53.1 Å². The van der Waals surface area contributed by atoms with Crippen molar-refractivity contribution in [3.63, 3.8) is 0 Å². The summed E-state index contributed by atoms with van der Waals surface area (Å²) in [6, 6.07) is 9.77. The molecule has 0 heterocycles. The van der Waals surface area contributed by atoms with Crippen LogP contribution in [0.3, 0.4) is 0 Å². The summed E-state index contributed by atoms with van der Waals surface area (Å²) >= 11 is 0. The SMILES string of the molecule is CCCCOc1ccc(C(=O)NNS(=O)(=O)c2ccc3c(c2)CCC3)cc1OC. The van der Waals surface area contributed by atoms with Gasteiger partial charge >= 0.3 is 0 Å². The summed E-state index contributed by atoms with van der Waals surface area (Å²) in [6.45, 7) is 2.62. The minimum Gasteiger partial charge on any atom is -0.493 e. The number of nitrogens with one attached hydrogen (secondary N) is 2. The van der Waals surface area contributed by atoms with Crippen molar-refractivity contribution < 1.29 is 22.7 Å². The fourth-order valence-electron chi connectivity index (χ4n) is 3.21. The average molecular weight is 419 g/mol. The Morgan fingerprint density at radius 1 is 1.07 bits per heavy atom. The number of sulfonamides is 1. The Morgan fingerprint density at radius 3 is 2.62 bits per heavy atom. The van der Waals surface area contributed by atoms with E-state index < -0.39 is 15.9 Å². The third-order valence-corrected chi connectivity index (χ3v) is 6.11. The quantitative estimate of drug-likeness (QED) is 0.482. The molecule has 0 aliphatic heterocycles. The van der Waals surface area contributed by atoms with Crippen molar-refractivity contribution in [1.29, 1.82) is 0 Å². The Morgan fingerprint density at radius 2 is 1.86 bits per heavy atom. The first-order chi connectivity index (χ1) is 13.9. The number of hydrazine groups is 1. The standard InChI is InChI=1S/C21H26N2O5S/c1-3-4-12-28-19-11-9-17(14-20(19)27-2)21(24)22-23-29(25,26)18-10-8-15-6-5-7-16(15)13-18/h8-11,13-14,23H,3-7,12H2,1-2H3,(H,22,24). The largest absolute Gasteiger partial charge is 0.493 e. The predicted molar refractivity (Wildman–Crippen MR) is 110 cm³/mol. The summed E-state index contributed by atoms with van der Waals surface area (Å²) in [4.78, 5) is 14.7. The van der Waals surface area contributed by atoms with E-state index >= 15 is 0 Å². The molecule has 0 saturated carbocycles. The number of benzene rings is 2. The van der Waals surface area contributed by atoms with E-state index in [-0.39, 0.29) is 10.5 Å². The van der Waals surface area contributed by atoms with E-state index in [1.54, 1.807) is 24.3 Å². The van der Waals surface area contributed by atoms with Crippen LogP contribution in [-0.4, -0.2) is 28.0 Å². The molecule has 156 valence electrons. The van der Waals surface area contributed by atoms with Crippen LogP contribution < -0.4 is 19.7 Å². The Bertz CT molecular complexity index is 989. The molecule has 1 amide bonds. The van der Waals surface area contributed by atoms with E-state index in [2.05, 4.69) is 17.2 Å². The first kappa shape index (κ1) is 21.1. The molecular weight excluding hydrogens is 392 g/mol. The van der Waals surface area contributed by atoms with Crippen molar-refractivity contribution in [2.45, 2.75) is 43.9 Å². The summed E-state index contributed by atoms with van der Waals surface area (Å²) in [5.74, 6) is 0.361. The Kier molecular flexibility index (Phi) is 6.76. The summed E-state index contributed by atoms with van der Waals surface area (Å²) in [5, 5.41) is 0. The molecule has 0 aromatic heterocycles. The number of amides is 1. The molecule has 0 unspecified atom stereocenters. The van der Waals surface area contributed by atoms with Gasteiger partial charge in [0, 0.05) is 5.56 Å². The van der Waals surface area contributed by atoms with Crippen LogP contribution in [0.25, 0.3) is 0 Å². The maximum Gasteiger partial charge on any atom is 0.266 e. The highest BCUT2D eigenvalue weighted by molar-refractivity contribution is 7.89. The van der Waals surface area contributed by atoms with Gasteiger partial charge in [-0.05, 0) is 67.1 Å². The summed E-state index contributed by atoms with van der Waals surface area (Å²) < 4.78 is 36.0. The smallest absolute Gasteiger partial charge is 0.266 e. The van der Waals surface area contributed by atoms with Crippen molar-refractivity contribution >= 4 is 15.9 Å². The minimum absolute atomic E-state index is 0.135. The van der Waals surface area contributed by atoms with Crippen molar-refractivity contribution in [1.82, 2.24) is 10.3 Å². The Labute approximate surface area is 171 Å². The van der Waals surface area contributed by atoms with Gasteiger partial charge in [0.15, 0.2) is 11.5 Å². The van der Waals surface area contributed by atoms with Gasteiger partial charge in [-0.1, -0.05) is 19.4 Å². The normalized spacial score (nSPS) is 13.0. The molecule has 29 heavy (non-hydrogen) atoms. The van der Waals surface area contributed by atoms with E-state index in [1.165, 1.54) is 18.7 Å². The maximum absolute atomic E-state index is 12.5. The van der Waals surface area contributed by atoms with E-state index in [1.807, 2.05) is 6.07 Å². The van der Waals surface area contributed by atoms with E-state index in [0.717, 1.165) is 37.7 Å². The van der Waals surface area contributed by atoms with Gasteiger partial charge in [0.1, 0.15) is 0 Å². The lowest BCUT2D eigenvalue weighted by molar-refractivity contribution is 0.0944. The van der Waals surface area contributed by atoms with Crippen molar-refractivity contribution in [3.8, 4) is 11.5 Å². The number of carbonyl (C=O) groups is 1. The lowest BCUT2D eigenvalue weighted by Gasteiger charge is -2.13. The van der Waals surface area contributed by atoms with Gasteiger partial charge < -0.3 is 9.47 Å². The van der Waals surface area contributed by atoms with Crippen LogP contribution >= 0.6 is 0 Å². The fourth-order valence-corrected chi connectivity index (χ4v) is 4.10. The van der Waals surface area contributed by atoms with Crippen LogP contribution in [-0.2, 0) is 22.9 Å². The number of carbonyl (C=O) groups excluding carboxylic acids is 1. The van der Waals surface area contributed by atoms with Crippen LogP contribution in [0.15, 0.2) is 41.3 Å². The van der Waals surface area contributed by atoms with Gasteiger partial charge in [0.25, 0.3) is 15.9 Å². The molecule has 0 bridgehead atoms. The first-order valence-corrected chi connectivity index (χ1v) is 11.2. The molecule has 1 aliphatic rings. The average Bonchev–Trinajstić information content (AvgIpc) is 3.20. The summed E-state index contributed by atoms with van der Waals surface area (Å²) in [5.41, 5.74) is 4.73. The van der Waals surface area contributed by atoms with Gasteiger partial charge in [0.2, 0.25) is 0 Å². The number of ether oxygens (including phenoxy) is 2. The van der Waals surface area contributed by atoms with Gasteiger partial charge in [-0.3, -0.25) is 10.2 Å². The molecule has 0 radical (unpaired) electrons. The van der Waals surface area contributed by atoms with Crippen LogP contribution in [0.5, 0.6) is 11.5 Å². The molecular formula is C21H26N2O5S.